The van der Waals surface area contributed by atoms with Gasteiger partial charge in [0.05, 0.1) is 11.9 Å². The highest BCUT2D eigenvalue weighted by Gasteiger charge is 2.33. The van der Waals surface area contributed by atoms with Crippen molar-refractivity contribution in [2.45, 2.75) is 67.9 Å². The topological polar surface area (TPSA) is 50.1 Å². The van der Waals surface area contributed by atoms with Crippen LogP contribution in [-0.4, -0.2) is 50.8 Å². The largest absolute Gasteiger partial charge is 0.354 e. The molecule has 0 N–H and O–H groups in total. The zero-order valence-electron chi connectivity index (χ0n) is 22.1. The number of aromatic nitrogens is 4. The second-order valence-corrected chi connectivity index (χ2v) is 8.35. The SMILES string of the molecule is CC.CC.Cc1nc(C)c(C)c(N2CCN(C(C)(C)c3cnn(-c4ccccc4)c3)CC2)n1. The molecule has 4 rings (SSSR count). The van der Waals surface area contributed by atoms with Gasteiger partial charge in [-0.25, -0.2) is 14.6 Å². The fourth-order valence-electron chi connectivity index (χ4n) is 4.08. The molecule has 3 aromatic rings. The van der Waals surface area contributed by atoms with Gasteiger partial charge in [0.15, 0.2) is 0 Å². The molecule has 1 saturated heterocycles. The lowest BCUT2D eigenvalue weighted by Crippen LogP contribution is -2.53. The second kappa shape index (κ2) is 11.9. The normalized spacial score (nSPS) is 14.2. The predicted molar refractivity (Wildman–Crippen MR) is 139 cm³/mol. The lowest BCUT2D eigenvalue weighted by atomic mass is 9.94. The van der Waals surface area contributed by atoms with Crippen LogP contribution in [0.25, 0.3) is 5.69 Å². The summed E-state index contributed by atoms with van der Waals surface area (Å²) in [7, 11) is 0. The number of hydrogen-bond donors (Lipinski definition) is 0. The predicted octanol–water partition coefficient (Wildman–Crippen LogP) is 5.70. The molecular weight excluding hydrogens is 408 g/mol. The molecule has 1 aliphatic rings. The maximum Gasteiger partial charge on any atom is 0.135 e. The molecule has 3 heterocycles. The first-order valence-electron chi connectivity index (χ1n) is 12.3. The molecule has 0 bridgehead atoms. The van der Waals surface area contributed by atoms with Gasteiger partial charge in [-0.05, 0) is 46.8 Å². The molecule has 0 saturated carbocycles. The van der Waals surface area contributed by atoms with Crippen LogP contribution < -0.4 is 4.90 Å². The molecule has 0 amide bonds. The van der Waals surface area contributed by atoms with Gasteiger partial charge in [-0.15, -0.1) is 0 Å². The molecule has 6 nitrogen and oxygen atoms in total. The molecule has 0 unspecified atom stereocenters. The molecule has 2 aromatic heterocycles. The molecule has 1 fully saturated rings. The van der Waals surface area contributed by atoms with E-state index in [1.54, 1.807) is 0 Å². The van der Waals surface area contributed by atoms with Gasteiger partial charge in [-0.2, -0.15) is 5.10 Å². The van der Waals surface area contributed by atoms with E-state index >= 15 is 0 Å². The summed E-state index contributed by atoms with van der Waals surface area (Å²) in [5.74, 6) is 1.93. The third kappa shape index (κ3) is 5.99. The summed E-state index contributed by atoms with van der Waals surface area (Å²) in [6.45, 7) is 22.7. The number of hydrogen-bond acceptors (Lipinski definition) is 5. The van der Waals surface area contributed by atoms with E-state index in [1.807, 2.05) is 63.7 Å². The maximum absolute atomic E-state index is 4.72. The highest BCUT2D eigenvalue weighted by atomic mass is 15.3. The molecule has 1 aromatic carbocycles. The lowest BCUT2D eigenvalue weighted by molar-refractivity contribution is 0.111. The van der Waals surface area contributed by atoms with E-state index < -0.39 is 0 Å². The first-order valence-corrected chi connectivity index (χ1v) is 12.3. The Labute approximate surface area is 200 Å². The van der Waals surface area contributed by atoms with Crippen LogP contribution in [0.5, 0.6) is 0 Å². The monoisotopic (exact) mass is 450 g/mol. The highest BCUT2D eigenvalue weighted by Crippen LogP contribution is 2.30. The summed E-state index contributed by atoms with van der Waals surface area (Å²) in [5.41, 5.74) is 4.51. The third-order valence-electron chi connectivity index (χ3n) is 6.15. The van der Waals surface area contributed by atoms with E-state index in [9.17, 15) is 0 Å². The van der Waals surface area contributed by atoms with Crippen LogP contribution in [0, 0.1) is 20.8 Å². The quantitative estimate of drug-likeness (QED) is 0.510. The van der Waals surface area contributed by atoms with Crippen LogP contribution in [0.2, 0.25) is 0 Å². The van der Waals surface area contributed by atoms with Crippen LogP contribution in [-0.2, 0) is 5.54 Å². The minimum Gasteiger partial charge on any atom is -0.354 e. The summed E-state index contributed by atoms with van der Waals surface area (Å²) >= 11 is 0. The molecule has 33 heavy (non-hydrogen) atoms. The number of piperazine rings is 1. The lowest BCUT2D eigenvalue weighted by Gasteiger charge is -2.44. The first-order chi connectivity index (χ1) is 15.9. The van der Waals surface area contributed by atoms with Crippen molar-refractivity contribution in [3.05, 3.63) is 65.4 Å². The van der Waals surface area contributed by atoms with Gasteiger partial charge in [-0.3, -0.25) is 4.90 Å². The Kier molecular flexibility index (Phi) is 9.59. The fourth-order valence-corrected chi connectivity index (χ4v) is 4.08. The Hall–Kier alpha value is -2.73. The van der Waals surface area contributed by atoms with Crippen LogP contribution in [0.4, 0.5) is 5.82 Å². The van der Waals surface area contributed by atoms with Gasteiger partial charge in [0.1, 0.15) is 11.6 Å². The van der Waals surface area contributed by atoms with E-state index in [1.165, 1.54) is 11.1 Å². The zero-order valence-corrected chi connectivity index (χ0v) is 22.1. The molecule has 0 aliphatic carbocycles. The minimum atomic E-state index is -0.0777. The number of aryl methyl sites for hydroxylation is 2. The molecular formula is C27H42N6. The summed E-state index contributed by atoms with van der Waals surface area (Å²) in [4.78, 5) is 14.2. The first kappa shape index (κ1) is 26.5. The smallest absolute Gasteiger partial charge is 0.135 e. The van der Waals surface area contributed by atoms with Gasteiger partial charge < -0.3 is 4.90 Å². The van der Waals surface area contributed by atoms with Gasteiger partial charge in [0.2, 0.25) is 0 Å². The molecule has 0 atom stereocenters. The van der Waals surface area contributed by atoms with Crippen molar-refractivity contribution in [3.8, 4) is 5.69 Å². The van der Waals surface area contributed by atoms with Crippen molar-refractivity contribution in [3.63, 3.8) is 0 Å². The van der Waals surface area contributed by atoms with Crippen molar-refractivity contribution in [2.75, 3.05) is 31.1 Å². The average Bonchev–Trinajstić information content (AvgIpc) is 3.36. The Morgan fingerprint density at radius 1 is 0.818 bits per heavy atom. The summed E-state index contributed by atoms with van der Waals surface area (Å²) < 4.78 is 1.96. The number of para-hydroxylation sites is 1. The molecule has 0 radical (unpaired) electrons. The summed E-state index contributed by atoms with van der Waals surface area (Å²) in [6.07, 6.45) is 4.16. The number of rotatable bonds is 4. The Morgan fingerprint density at radius 2 is 1.42 bits per heavy atom. The standard InChI is InChI=1S/C23H30N6.2C2H6/c1-17-18(2)25-19(3)26-22(17)27-11-13-28(14-12-27)23(4,5)20-15-24-29(16-20)21-9-7-6-8-10-21;2*1-2/h6-10,15-16H,11-14H2,1-5H3;2*1-2H3. The highest BCUT2D eigenvalue weighted by molar-refractivity contribution is 5.48. The van der Waals surface area contributed by atoms with E-state index in [2.05, 4.69) is 65.9 Å². The van der Waals surface area contributed by atoms with Gasteiger partial charge >= 0.3 is 0 Å². The van der Waals surface area contributed by atoms with Crippen LogP contribution >= 0.6 is 0 Å². The van der Waals surface area contributed by atoms with Crippen molar-refractivity contribution in [2.24, 2.45) is 0 Å². The number of anilines is 1. The second-order valence-electron chi connectivity index (χ2n) is 8.35. The molecule has 6 heteroatoms. The molecule has 0 spiro atoms. The van der Waals surface area contributed by atoms with Crippen molar-refractivity contribution >= 4 is 5.82 Å². The third-order valence-corrected chi connectivity index (χ3v) is 6.15. The molecule has 1 aliphatic heterocycles. The van der Waals surface area contributed by atoms with Crippen molar-refractivity contribution < 1.29 is 0 Å². The van der Waals surface area contributed by atoms with Crippen molar-refractivity contribution in [1.82, 2.24) is 24.6 Å². The summed E-state index contributed by atoms with van der Waals surface area (Å²) in [5, 5.41) is 4.60. The van der Waals surface area contributed by atoms with E-state index in [-0.39, 0.29) is 5.54 Å². The summed E-state index contributed by atoms with van der Waals surface area (Å²) in [6, 6.07) is 10.3. The zero-order chi connectivity index (χ0) is 24.6. The van der Waals surface area contributed by atoms with Crippen LogP contribution in [0.3, 0.4) is 0 Å². The fraction of sp³-hybridized carbons (Fsp3) is 0.519. The van der Waals surface area contributed by atoms with E-state index in [4.69, 9.17) is 4.98 Å². The van der Waals surface area contributed by atoms with Gasteiger partial charge in [0.25, 0.3) is 0 Å². The van der Waals surface area contributed by atoms with Crippen molar-refractivity contribution in [1.29, 1.82) is 0 Å². The number of benzene rings is 1. The maximum atomic E-state index is 4.72. The van der Waals surface area contributed by atoms with Gasteiger partial charge in [-0.1, -0.05) is 45.9 Å². The minimum absolute atomic E-state index is 0.0777. The van der Waals surface area contributed by atoms with Crippen LogP contribution in [0.1, 0.15) is 64.2 Å². The molecule has 180 valence electrons. The Balaban J connectivity index is 0.000000914. The Morgan fingerprint density at radius 3 is 2.03 bits per heavy atom. The van der Waals surface area contributed by atoms with Crippen LogP contribution in [0.15, 0.2) is 42.7 Å². The number of nitrogens with zero attached hydrogens (tertiary/aromatic N) is 6. The van der Waals surface area contributed by atoms with Gasteiger partial charge in [0, 0.05) is 54.7 Å². The van der Waals surface area contributed by atoms with E-state index in [0.29, 0.717) is 0 Å². The van der Waals surface area contributed by atoms with E-state index in [0.717, 1.165) is 49.2 Å². The average molecular weight is 451 g/mol. The Bertz CT molecular complexity index is 985.